The summed E-state index contributed by atoms with van der Waals surface area (Å²) >= 11 is 0. The van der Waals surface area contributed by atoms with Crippen LogP contribution in [-0.4, -0.2) is 23.9 Å². The van der Waals surface area contributed by atoms with Gasteiger partial charge in [0.1, 0.15) is 12.1 Å². The molecule has 1 aliphatic rings. The van der Waals surface area contributed by atoms with Crippen LogP contribution in [-0.2, 0) is 16.0 Å². The van der Waals surface area contributed by atoms with Crippen LogP contribution in [0.15, 0.2) is 30.3 Å². The number of nitrogens with one attached hydrogen (secondary N) is 2. The molecule has 1 saturated heterocycles. The molecule has 0 bridgehead atoms. The fourth-order valence-electron chi connectivity index (χ4n) is 1.74. The second kappa shape index (κ2) is 4.35. The molecule has 2 amide bonds. The Bertz CT molecular complexity index is 403. The van der Waals surface area contributed by atoms with Crippen molar-refractivity contribution in [2.75, 3.05) is 0 Å². The lowest BCUT2D eigenvalue weighted by Crippen LogP contribution is -2.61. The van der Waals surface area contributed by atoms with E-state index in [1.54, 1.807) is 6.92 Å². The van der Waals surface area contributed by atoms with E-state index in [0.29, 0.717) is 6.42 Å². The lowest BCUT2D eigenvalue weighted by molar-refractivity contribution is -0.136. The SMILES string of the molecule is C[C@@H]1NC(=O)[C@@H](Cc2ccccc2)NC1=O. The van der Waals surface area contributed by atoms with E-state index in [1.165, 1.54) is 0 Å². The van der Waals surface area contributed by atoms with Crippen molar-refractivity contribution >= 4 is 11.8 Å². The van der Waals surface area contributed by atoms with Gasteiger partial charge >= 0.3 is 0 Å². The lowest BCUT2D eigenvalue weighted by Gasteiger charge is -2.27. The number of amides is 2. The molecule has 1 aromatic carbocycles. The second-order valence-corrected chi connectivity index (χ2v) is 3.98. The Hall–Kier alpha value is -1.84. The summed E-state index contributed by atoms with van der Waals surface area (Å²) < 4.78 is 0. The van der Waals surface area contributed by atoms with Gasteiger partial charge in [0.2, 0.25) is 11.8 Å². The van der Waals surface area contributed by atoms with Crippen molar-refractivity contribution < 1.29 is 9.59 Å². The molecule has 1 aliphatic heterocycles. The van der Waals surface area contributed by atoms with E-state index in [9.17, 15) is 9.59 Å². The van der Waals surface area contributed by atoms with Crippen molar-refractivity contribution in [3.05, 3.63) is 35.9 Å². The third kappa shape index (κ3) is 2.21. The molecule has 1 heterocycles. The molecule has 2 atom stereocenters. The molecule has 0 radical (unpaired) electrons. The molecule has 4 nitrogen and oxygen atoms in total. The van der Waals surface area contributed by atoms with Gasteiger partial charge in [0.25, 0.3) is 0 Å². The first kappa shape index (κ1) is 10.7. The molecular formula is C12H14N2O2. The maximum absolute atomic E-state index is 11.6. The Morgan fingerprint density at radius 3 is 2.44 bits per heavy atom. The zero-order valence-electron chi connectivity index (χ0n) is 9.07. The highest BCUT2D eigenvalue weighted by molar-refractivity contribution is 5.96. The van der Waals surface area contributed by atoms with Crippen LogP contribution in [0.1, 0.15) is 12.5 Å². The number of hydrogen-bond donors (Lipinski definition) is 2. The van der Waals surface area contributed by atoms with Gasteiger partial charge in [0.05, 0.1) is 0 Å². The van der Waals surface area contributed by atoms with Gasteiger partial charge in [-0.2, -0.15) is 0 Å². The predicted molar refractivity (Wildman–Crippen MR) is 59.7 cm³/mol. The maximum atomic E-state index is 11.6. The summed E-state index contributed by atoms with van der Waals surface area (Å²) in [5, 5.41) is 5.36. The average molecular weight is 218 g/mol. The molecule has 0 spiro atoms. The van der Waals surface area contributed by atoms with Crippen molar-refractivity contribution in [3.8, 4) is 0 Å². The average Bonchev–Trinajstić information content (AvgIpc) is 2.27. The van der Waals surface area contributed by atoms with E-state index < -0.39 is 12.1 Å². The van der Waals surface area contributed by atoms with Crippen molar-refractivity contribution in [2.24, 2.45) is 0 Å². The first-order valence-electron chi connectivity index (χ1n) is 5.31. The molecule has 2 rings (SSSR count). The van der Waals surface area contributed by atoms with Crippen molar-refractivity contribution in [1.82, 2.24) is 10.6 Å². The number of benzene rings is 1. The third-order valence-corrected chi connectivity index (χ3v) is 2.67. The summed E-state index contributed by atoms with van der Waals surface area (Å²) in [6.45, 7) is 1.67. The normalized spacial score (nSPS) is 24.8. The molecule has 16 heavy (non-hydrogen) atoms. The van der Waals surface area contributed by atoms with E-state index in [2.05, 4.69) is 10.6 Å². The predicted octanol–water partition coefficient (Wildman–Crippen LogP) is 0.232. The van der Waals surface area contributed by atoms with Crippen LogP contribution in [0.5, 0.6) is 0 Å². The summed E-state index contributed by atoms with van der Waals surface area (Å²) in [7, 11) is 0. The molecule has 0 aliphatic carbocycles. The molecule has 1 aromatic rings. The van der Waals surface area contributed by atoms with Crippen molar-refractivity contribution in [1.29, 1.82) is 0 Å². The van der Waals surface area contributed by atoms with Gasteiger partial charge in [-0.1, -0.05) is 30.3 Å². The maximum Gasteiger partial charge on any atom is 0.243 e. The van der Waals surface area contributed by atoms with Crippen LogP contribution in [0.4, 0.5) is 0 Å². The largest absolute Gasteiger partial charge is 0.343 e. The van der Waals surface area contributed by atoms with Crippen LogP contribution >= 0.6 is 0 Å². The van der Waals surface area contributed by atoms with E-state index in [-0.39, 0.29) is 11.8 Å². The Morgan fingerprint density at radius 1 is 1.06 bits per heavy atom. The topological polar surface area (TPSA) is 58.2 Å². The summed E-state index contributed by atoms with van der Waals surface area (Å²) in [4.78, 5) is 23.0. The Labute approximate surface area is 94.0 Å². The highest BCUT2D eigenvalue weighted by Gasteiger charge is 2.30. The molecule has 1 fully saturated rings. The molecular weight excluding hydrogens is 204 g/mol. The minimum absolute atomic E-state index is 0.115. The van der Waals surface area contributed by atoms with Gasteiger partial charge in [-0.25, -0.2) is 0 Å². The van der Waals surface area contributed by atoms with Gasteiger partial charge in [0, 0.05) is 6.42 Å². The smallest absolute Gasteiger partial charge is 0.243 e. The zero-order chi connectivity index (χ0) is 11.5. The van der Waals surface area contributed by atoms with Crippen LogP contribution < -0.4 is 10.6 Å². The second-order valence-electron chi connectivity index (χ2n) is 3.98. The van der Waals surface area contributed by atoms with Crippen molar-refractivity contribution in [3.63, 3.8) is 0 Å². The molecule has 2 N–H and O–H groups in total. The molecule has 0 aromatic heterocycles. The van der Waals surface area contributed by atoms with Crippen LogP contribution in [0.3, 0.4) is 0 Å². The van der Waals surface area contributed by atoms with E-state index >= 15 is 0 Å². The van der Waals surface area contributed by atoms with Crippen LogP contribution in [0.2, 0.25) is 0 Å². The van der Waals surface area contributed by atoms with Crippen molar-refractivity contribution in [2.45, 2.75) is 25.4 Å². The summed E-state index contributed by atoms with van der Waals surface area (Å²) in [6.07, 6.45) is 0.533. The first-order valence-corrected chi connectivity index (χ1v) is 5.31. The monoisotopic (exact) mass is 218 g/mol. The van der Waals surface area contributed by atoms with E-state index in [0.717, 1.165) is 5.56 Å². The van der Waals surface area contributed by atoms with Crippen LogP contribution in [0, 0.1) is 0 Å². The quantitative estimate of drug-likeness (QED) is 0.746. The minimum atomic E-state index is -0.453. The van der Waals surface area contributed by atoms with E-state index in [1.807, 2.05) is 30.3 Å². The van der Waals surface area contributed by atoms with Gasteiger partial charge < -0.3 is 10.6 Å². The number of carbonyl (C=O) groups is 2. The van der Waals surface area contributed by atoms with Gasteiger partial charge in [-0.3, -0.25) is 9.59 Å². The van der Waals surface area contributed by atoms with Gasteiger partial charge in [-0.15, -0.1) is 0 Å². The zero-order valence-corrected chi connectivity index (χ0v) is 9.07. The molecule has 0 unspecified atom stereocenters. The summed E-state index contributed by atoms with van der Waals surface area (Å²) in [5.74, 6) is -0.239. The lowest BCUT2D eigenvalue weighted by atomic mass is 10.0. The third-order valence-electron chi connectivity index (χ3n) is 2.67. The Kier molecular flexibility index (Phi) is 2.90. The summed E-state index contributed by atoms with van der Waals surface area (Å²) in [6, 6.07) is 8.76. The van der Waals surface area contributed by atoms with Gasteiger partial charge in [0.15, 0.2) is 0 Å². The Balaban J connectivity index is 2.05. The van der Waals surface area contributed by atoms with E-state index in [4.69, 9.17) is 0 Å². The number of rotatable bonds is 2. The minimum Gasteiger partial charge on any atom is -0.343 e. The molecule has 84 valence electrons. The van der Waals surface area contributed by atoms with Crippen LogP contribution in [0.25, 0.3) is 0 Å². The van der Waals surface area contributed by atoms with Gasteiger partial charge in [-0.05, 0) is 12.5 Å². The fourth-order valence-corrected chi connectivity index (χ4v) is 1.74. The number of hydrogen-bond acceptors (Lipinski definition) is 2. The standard InChI is InChI=1S/C12H14N2O2/c1-8-11(15)14-10(12(16)13-8)7-9-5-3-2-4-6-9/h2-6,8,10H,7H2,1H3,(H,13,16)(H,14,15)/t8-,10+/m0/s1. The molecule has 4 heteroatoms. The fraction of sp³-hybridized carbons (Fsp3) is 0.333. The first-order chi connectivity index (χ1) is 7.66. The highest BCUT2D eigenvalue weighted by Crippen LogP contribution is 2.06. The summed E-state index contributed by atoms with van der Waals surface area (Å²) in [5.41, 5.74) is 1.04. The number of piperazine rings is 1. The number of carbonyl (C=O) groups excluding carboxylic acids is 2. The molecule has 0 saturated carbocycles. The highest BCUT2D eigenvalue weighted by atomic mass is 16.2. The Morgan fingerprint density at radius 2 is 1.75 bits per heavy atom.